The highest BCUT2D eigenvalue weighted by Crippen LogP contribution is 1.99. The maximum atomic E-state index is 5.64. The maximum Gasteiger partial charge on any atom is 0.0593 e. The summed E-state index contributed by atoms with van der Waals surface area (Å²) in [5.41, 5.74) is 0. The first-order valence-electron chi connectivity index (χ1n) is 7.32. The second kappa shape index (κ2) is 9.73. The molecule has 1 heterocycles. The molecule has 1 aliphatic rings. The van der Waals surface area contributed by atoms with Gasteiger partial charge in [0.1, 0.15) is 0 Å². The highest BCUT2D eigenvalue weighted by Gasteiger charge is 2.12. The molecule has 4 heteroatoms. The second-order valence-corrected chi connectivity index (χ2v) is 5.20. The molecule has 4 nitrogen and oxygen atoms in total. The normalized spacial score (nSPS) is 20.2. The SMILES string of the molecule is CCC(C)OCCCOCCN1CCN(C)CC1. The Labute approximate surface area is 112 Å². The Morgan fingerprint density at radius 1 is 1.06 bits per heavy atom. The van der Waals surface area contributed by atoms with E-state index in [9.17, 15) is 0 Å². The number of likely N-dealkylation sites (N-methyl/N-ethyl adjacent to an activating group) is 1. The lowest BCUT2D eigenvalue weighted by Gasteiger charge is -2.32. The van der Waals surface area contributed by atoms with Crippen molar-refractivity contribution in [1.29, 1.82) is 0 Å². The molecule has 1 rings (SSSR count). The molecule has 1 unspecified atom stereocenters. The van der Waals surface area contributed by atoms with Gasteiger partial charge in [0.2, 0.25) is 0 Å². The molecule has 1 aliphatic heterocycles. The minimum Gasteiger partial charge on any atom is -0.380 e. The largest absolute Gasteiger partial charge is 0.380 e. The van der Waals surface area contributed by atoms with Gasteiger partial charge in [-0.05, 0) is 26.8 Å². The molecule has 0 aromatic rings. The van der Waals surface area contributed by atoms with Crippen LogP contribution in [0, 0.1) is 0 Å². The summed E-state index contributed by atoms with van der Waals surface area (Å²) in [4.78, 5) is 4.86. The summed E-state index contributed by atoms with van der Waals surface area (Å²) in [6, 6.07) is 0. The number of ether oxygens (including phenoxy) is 2. The molecule has 0 aliphatic carbocycles. The van der Waals surface area contributed by atoms with Crippen LogP contribution in [0.4, 0.5) is 0 Å². The van der Waals surface area contributed by atoms with Crippen LogP contribution < -0.4 is 0 Å². The Morgan fingerprint density at radius 3 is 2.44 bits per heavy atom. The fourth-order valence-electron chi connectivity index (χ4n) is 1.93. The van der Waals surface area contributed by atoms with Gasteiger partial charge < -0.3 is 14.4 Å². The van der Waals surface area contributed by atoms with Gasteiger partial charge in [0.05, 0.1) is 12.7 Å². The molecule has 0 radical (unpaired) electrons. The van der Waals surface area contributed by atoms with Crippen molar-refractivity contribution in [2.24, 2.45) is 0 Å². The molecular weight excluding hydrogens is 228 g/mol. The number of hydrogen-bond acceptors (Lipinski definition) is 4. The summed E-state index contributed by atoms with van der Waals surface area (Å²) < 4.78 is 11.2. The summed E-state index contributed by atoms with van der Waals surface area (Å²) >= 11 is 0. The van der Waals surface area contributed by atoms with Crippen LogP contribution in [-0.2, 0) is 9.47 Å². The Bertz CT molecular complexity index is 194. The fourth-order valence-corrected chi connectivity index (χ4v) is 1.93. The molecule has 18 heavy (non-hydrogen) atoms. The van der Waals surface area contributed by atoms with Gasteiger partial charge in [0.15, 0.2) is 0 Å². The second-order valence-electron chi connectivity index (χ2n) is 5.20. The van der Waals surface area contributed by atoms with E-state index in [1.165, 1.54) is 26.2 Å². The zero-order valence-electron chi connectivity index (χ0n) is 12.4. The molecule has 1 saturated heterocycles. The van der Waals surface area contributed by atoms with Gasteiger partial charge in [-0.3, -0.25) is 4.90 Å². The molecule has 0 saturated carbocycles. The molecule has 0 bridgehead atoms. The summed E-state index contributed by atoms with van der Waals surface area (Å²) in [5, 5.41) is 0. The van der Waals surface area contributed by atoms with Crippen LogP contribution in [0.15, 0.2) is 0 Å². The molecule has 1 atom stereocenters. The standard InChI is InChI=1S/C14H30N2O2/c1-4-14(2)18-12-5-11-17-13-10-16-8-6-15(3)7-9-16/h14H,4-13H2,1-3H3. The van der Waals surface area contributed by atoms with Crippen molar-refractivity contribution in [2.45, 2.75) is 32.8 Å². The van der Waals surface area contributed by atoms with Crippen LogP contribution in [0.25, 0.3) is 0 Å². The minimum atomic E-state index is 0.385. The Hall–Kier alpha value is -0.160. The summed E-state index contributed by atoms with van der Waals surface area (Å²) in [6.07, 6.45) is 2.48. The van der Waals surface area contributed by atoms with Crippen molar-refractivity contribution in [1.82, 2.24) is 9.80 Å². The summed E-state index contributed by atoms with van der Waals surface area (Å²) in [7, 11) is 2.19. The van der Waals surface area contributed by atoms with Crippen LogP contribution in [0.5, 0.6) is 0 Å². The lowest BCUT2D eigenvalue weighted by molar-refractivity contribution is 0.0342. The quantitative estimate of drug-likeness (QED) is 0.585. The van der Waals surface area contributed by atoms with Crippen molar-refractivity contribution in [3.63, 3.8) is 0 Å². The third-order valence-electron chi connectivity index (χ3n) is 3.56. The van der Waals surface area contributed by atoms with E-state index in [-0.39, 0.29) is 0 Å². The molecule has 0 amide bonds. The van der Waals surface area contributed by atoms with E-state index in [1.807, 2.05) is 0 Å². The number of piperazine rings is 1. The zero-order valence-corrected chi connectivity index (χ0v) is 12.4. The van der Waals surface area contributed by atoms with Crippen LogP contribution in [0.2, 0.25) is 0 Å². The van der Waals surface area contributed by atoms with Crippen LogP contribution >= 0.6 is 0 Å². The van der Waals surface area contributed by atoms with E-state index in [2.05, 4.69) is 30.7 Å². The molecular formula is C14H30N2O2. The van der Waals surface area contributed by atoms with Crippen molar-refractivity contribution in [3.8, 4) is 0 Å². The predicted octanol–water partition coefficient (Wildman–Crippen LogP) is 1.46. The van der Waals surface area contributed by atoms with E-state index in [0.29, 0.717) is 6.10 Å². The first-order valence-corrected chi connectivity index (χ1v) is 7.32. The average molecular weight is 258 g/mol. The maximum absolute atomic E-state index is 5.64. The van der Waals surface area contributed by atoms with Crippen LogP contribution in [-0.4, -0.2) is 75.5 Å². The van der Waals surface area contributed by atoms with Gasteiger partial charge in [-0.25, -0.2) is 0 Å². The van der Waals surface area contributed by atoms with E-state index < -0.39 is 0 Å². The van der Waals surface area contributed by atoms with Gasteiger partial charge in [-0.2, -0.15) is 0 Å². The lowest BCUT2D eigenvalue weighted by Crippen LogP contribution is -2.45. The topological polar surface area (TPSA) is 24.9 Å². The molecule has 0 spiro atoms. The van der Waals surface area contributed by atoms with Gasteiger partial charge in [-0.15, -0.1) is 0 Å². The minimum absolute atomic E-state index is 0.385. The fraction of sp³-hybridized carbons (Fsp3) is 1.00. The van der Waals surface area contributed by atoms with E-state index in [4.69, 9.17) is 9.47 Å². The van der Waals surface area contributed by atoms with Crippen LogP contribution in [0.1, 0.15) is 26.7 Å². The Balaban J connectivity index is 1.84. The van der Waals surface area contributed by atoms with E-state index >= 15 is 0 Å². The van der Waals surface area contributed by atoms with E-state index in [0.717, 1.165) is 39.2 Å². The van der Waals surface area contributed by atoms with Crippen molar-refractivity contribution < 1.29 is 9.47 Å². The van der Waals surface area contributed by atoms with Gasteiger partial charge in [0.25, 0.3) is 0 Å². The van der Waals surface area contributed by atoms with Gasteiger partial charge >= 0.3 is 0 Å². The third-order valence-corrected chi connectivity index (χ3v) is 3.56. The zero-order chi connectivity index (χ0) is 13.2. The van der Waals surface area contributed by atoms with Gasteiger partial charge in [0, 0.05) is 45.9 Å². The van der Waals surface area contributed by atoms with Crippen molar-refractivity contribution in [3.05, 3.63) is 0 Å². The van der Waals surface area contributed by atoms with Crippen molar-refractivity contribution >= 4 is 0 Å². The van der Waals surface area contributed by atoms with Crippen molar-refractivity contribution in [2.75, 3.05) is 59.6 Å². The molecule has 0 aromatic carbocycles. The number of nitrogens with zero attached hydrogens (tertiary/aromatic N) is 2. The first kappa shape index (κ1) is 15.9. The monoisotopic (exact) mass is 258 g/mol. The van der Waals surface area contributed by atoms with E-state index in [1.54, 1.807) is 0 Å². The Kier molecular flexibility index (Phi) is 8.59. The smallest absolute Gasteiger partial charge is 0.0593 e. The Morgan fingerprint density at radius 2 is 1.78 bits per heavy atom. The lowest BCUT2D eigenvalue weighted by atomic mass is 10.3. The highest BCUT2D eigenvalue weighted by molar-refractivity contribution is 4.68. The summed E-state index contributed by atoms with van der Waals surface area (Å²) in [6.45, 7) is 12.6. The third kappa shape index (κ3) is 7.31. The van der Waals surface area contributed by atoms with Crippen LogP contribution in [0.3, 0.4) is 0 Å². The van der Waals surface area contributed by atoms with Gasteiger partial charge in [-0.1, -0.05) is 6.92 Å². The first-order chi connectivity index (χ1) is 8.72. The highest BCUT2D eigenvalue weighted by atomic mass is 16.5. The average Bonchev–Trinajstić information content (AvgIpc) is 2.39. The number of hydrogen-bond donors (Lipinski definition) is 0. The molecule has 0 N–H and O–H groups in total. The summed E-state index contributed by atoms with van der Waals surface area (Å²) in [5.74, 6) is 0. The molecule has 0 aromatic heterocycles. The predicted molar refractivity (Wildman–Crippen MR) is 75.1 cm³/mol. The number of rotatable bonds is 9. The molecule has 1 fully saturated rings. The molecule has 108 valence electrons.